The van der Waals surface area contributed by atoms with Crippen molar-refractivity contribution in [3.63, 3.8) is 0 Å². The molecule has 4 nitrogen and oxygen atoms in total. The lowest BCUT2D eigenvalue weighted by molar-refractivity contribution is 0.570. The van der Waals surface area contributed by atoms with Gasteiger partial charge < -0.3 is 4.42 Å². The first kappa shape index (κ1) is 8.43. The number of aromatic nitrogens is 3. The van der Waals surface area contributed by atoms with Gasteiger partial charge in [0.2, 0.25) is 0 Å². The second kappa shape index (κ2) is 3.36. The third-order valence-corrected chi connectivity index (χ3v) is 2.94. The van der Waals surface area contributed by atoms with Crippen molar-refractivity contribution in [2.24, 2.45) is 0 Å². The summed E-state index contributed by atoms with van der Waals surface area (Å²) in [6.07, 6.45) is 3.14. The highest BCUT2D eigenvalue weighted by molar-refractivity contribution is 7.13. The van der Waals surface area contributed by atoms with Gasteiger partial charge in [-0.25, -0.2) is 4.98 Å². The molecule has 0 aliphatic heterocycles. The van der Waals surface area contributed by atoms with Gasteiger partial charge in [0.25, 0.3) is 0 Å². The number of rotatable bonds is 2. The largest absolute Gasteiger partial charge is 0.441 e. The molecule has 0 amide bonds. The number of aromatic amines is 1. The van der Waals surface area contributed by atoms with Gasteiger partial charge in [0.1, 0.15) is 11.4 Å². The summed E-state index contributed by atoms with van der Waals surface area (Å²) in [6.45, 7) is 0. The second-order valence-electron chi connectivity index (χ2n) is 2.98. The van der Waals surface area contributed by atoms with Crippen molar-refractivity contribution in [3.05, 3.63) is 36.2 Å². The highest BCUT2D eigenvalue weighted by atomic mass is 32.1. The summed E-state index contributed by atoms with van der Waals surface area (Å²) in [7, 11) is 0. The summed E-state index contributed by atoms with van der Waals surface area (Å²) in [5, 5.41) is 8.77. The van der Waals surface area contributed by atoms with Gasteiger partial charge in [-0.1, -0.05) is 6.07 Å². The Kier molecular flexibility index (Phi) is 1.89. The van der Waals surface area contributed by atoms with Crippen LogP contribution in [0.5, 0.6) is 0 Å². The highest BCUT2D eigenvalue weighted by Gasteiger charge is 2.14. The SMILES string of the molecule is c1csc(-c2ncoc2-c2ccn[nH]2)c1. The number of H-pyrrole nitrogens is 1. The van der Waals surface area contributed by atoms with Crippen molar-refractivity contribution in [3.8, 4) is 22.0 Å². The first-order valence-electron chi connectivity index (χ1n) is 4.42. The minimum atomic E-state index is 0.731. The number of oxazole rings is 1. The van der Waals surface area contributed by atoms with Crippen LogP contribution in [0.15, 0.2) is 40.6 Å². The number of nitrogens with zero attached hydrogens (tertiary/aromatic N) is 2. The smallest absolute Gasteiger partial charge is 0.182 e. The van der Waals surface area contributed by atoms with Crippen molar-refractivity contribution >= 4 is 11.3 Å². The van der Waals surface area contributed by atoms with Crippen molar-refractivity contribution < 1.29 is 4.42 Å². The lowest BCUT2D eigenvalue weighted by Crippen LogP contribution is -1.79. The Balaban J connectivity index is 2.15. The summed E-state index contributed by atoms with van der Waals surface area (Å²) in [4.78, 5) is 5.30. The van der Waals surface area contributed by atoms with Gasteiger partial charge in [-0.05, 0) is 17.5 Å². The van der Waals surface area contributed by atoms with E-state index < -0.39 is 0 Å². The minimum absolute atomic E-state index is 0.731. The molecule has 3 rings (SSSR count). The highest BCUT2D eigenvalue weighted by Crippen LogP contribution is 2.32. The zero-order chi connectivity index (χ0) is 10.1. The van der Waals surface area contributed by atoms with Crippen LogP contribution < -0.4 is 0 Å². The normalized spacial score (nSPS) is 10.7. The number of nitrogens with one attached hydrogen (secondary N) is 1. The predicted octanol–water partition coefficient (Wildman–Crippen LogP) is 2.79. The lowest BCUT2D eigenvalue weighted by Gasteiger charge is -1.94. The van der Waals surface area contributed by atoms with E-state index in [1.807, 2.05) is 23.6 Å². The summed E-state index contributed by atoms with van der Waals surface area (Å²) in [5.41, 5.74) is 1.70. The Hall–Kier alpha value is -1.88. The number of hydrogen-bond acceptors (Lipinski definition) is 4. The predicted molar refractivity (Wildman–Crippen MR) is 57.4 cm³/mol. The molecule has 0 radical (unpaired) electrons. The molecule has 0 saturated heterocycles. The van der Waals surface area contributed by atoms with E-state index in [1.54, 1.807) is 17.5 Å². The zero-order valence-electron chi connectivity index (χ0n) is 7.68. The average Bonchev–Trinajstić information content (AvgIpc) is 3.01. The van der Waals surface area contributed by atoms with Crippen molar-refractivity contribution in [1.29, 1.82) is 0 Å². The minimum Gasteiger partial charge on any atom is -0.441 e. The van der Waals surface area contributed by atoms with Gasteiger partial charge in [-0.15, -0.1) is 11.3 Å². The van der Waals surface area contributed by atoms with Gasteiger partial charge >= 0.3 is 0 Å². The molecule has 0 atom stereocenters. The van der Waals surface area contributed by atoms with E-state index in [9.17, 15) is 0 Å². The van der Waals surface area contributed by atoms with E-state index in [0.29, 0.717) is 0 Å². The molecule has 0 bridgehead atoms. The van der Waals surface area contributed by atoms with E-state index in [2.05, 4.69) is 15.2 Å². The molecule has 3 aromatic heterocycles. The summed E-state index contributed by atoms with van der Waals surface area (Å²) >= 11 is 1.64. The van der Waals surface area contributed by atoms with Crippen molar-refractivity contribution in [2.75, 3.05) is 0 Å². The zero-order valence-corrected chi connectivity index (χ0v) is 8.49. The molecule has 0 unspecified atom stereocenters. The molecular formula is C10H7N3OS. The molecule has 0 fully saturated rings. The van der Waals surface area contributed by atoms with Crippen LogP contribution in [0.2, 0.25) is 0 Å². The fourth-order valence-corrected chi connectivity index (χ4v) is 2.13. The van der Waals surface area contributed by atoms with Crippen LogP contribution in [0.4, 0.5) is 0 Å². The molecule has 15 heavy (non-hydrogen) atoms. The Morgan fingerprint density at radius 3 is 3.07 bits per heavy atom. The maximum absolute atomic E-state index is 5.36. The van der Waals surface area contributed by atoms with Crippen LogP contribution in [0, 0.1) is 0 Å². The number of thiophene rings is 1. The average molecular weight is 217 g/mol. The van der Waals surface area contributed by atoms with Crippen LogP contribution in [-0.2, 0) is 0 Å². The van der Waals surface area contributed by atoms with E-state index in [4.69, 9.17) is 4.42 Å². The van der Waals surface area contributed by atoms with E-state index in [1.165, 1.54) is 6.39 Å². The fraction of sp³-hybridized carbons (Fsp3) is 0. The molecule has 0 aliphatic rings. The van der Waals surface area contributed by atoms with Gasteiger partial charge in [0.15, 0.2) is 12.2 Å². The van der Waals surface area contributed by atoms with Crippen molar-refractivity contribution in [1.82, 2.24) is 15.2 Å². The molecule has 3 heterocycles. The van der Waals surface area contributed by atoms with Gasteiger partial charge in [0.05, 0.1) is 4.88 Å². The van der Waals surface area contributed by atoms with E-state index in [0.717, 1.165) is 22.0 Å². The molecule has 5 heteroatoms. The number of hydrogen-bond donors (Lipinski definition) is 1. The topological polar surface area (TPSA) is 54.7 Å². The molecular weight excluding hydrogens is 210 g/mol. The maximum Gasteiger partial charge on any atom is 0.182 e. The first-order valence-corrected chi connectivity index (χ1v) is 5.30. The van der Waals surface area contributed by atoms with Crippen LogP contribution in [0.3, 0.4) is 0 Å². The molecule has 3 aromatic rings. The molecule has 0 aliphatic carbocycles. The third-order valence-electron chi connectivity index (χ3n) is 2.07. The van der Waals surface area contributed by atoms with Crippen LogP contribution in [0.25, 0.3) is 22.0 Å². The fourth-order valence-electron chi connectivity index (χ4n) is 1.41. The van der Waals surface area contributed by atoms with Crippen LogP contribution in [-0.4, -0.2) is 15.2 Å². The van der Waals surface area contributed by atoms with Gasteiger partial charge in [0, 0.05) is 6.20 Å². The van der Waals surface area contributed by atoms with Gasteiger partial charge in [-0.2, -0.15) is 5.10 Å². The Bertz CT molecular complexity index is 490. The van der Waals surface area contributed by atoms with E-state index in [-0.39, 0.29) is 0 Å². The first-order chi connectivity index (χ1) is 7.45. The molecule has 1 N–H and O–H groups in total. The monoisotopic (exact) mass is 217 g/mol. The van der Waals surface area contributed by atoms with Crippen LogP contribution in [0.1, 0.15) is 0 Å². The Labute approximate surface area is 89.6 Å². The van der Waals surface area contributed by atoms with E-state index >= 15 is 0 Å². The third kappa shape index (κ3) is 1.37. The molecule has 0 spiro atoms. The van der Waals surface area contributed by atoms with Crippen LogP contribution >= 0.6 is 11.3 Å². The summed E-state index contributed by atoms with van der Waals surface area (Å²) in [6, 6.07) is 5.87. The molecule has 0 saturated carbocycles. The summed E-state index contributed by atoms with van der Waals surface area (Å²) in [5.74, 6) is 0.731. The molecule has 0 aromatic carbocycles. The summed E-state index contributed by atoms with van der Waals surface area (Å²) < 4.78 is 5.36. The standard InChI is InChI=1S/C10H7N3OS/c1-2-8(15-5-1)9-10(14-6-11-9)7-3-4-12-13-7/h1-6H,(H,12,13). The molecule has 74 valence electrons. The lowest BCUT2D eigenvalue weighted by atomic mass is 10.2. The van der Waals surface area contributed by atoms with Gasteiger partial charge in [-0.3, -0.25) is 5.10 Å². The Morgan fingerprint density at radius 2 is 2.33 bits per heavy atom. The van der Waals surface area contributed by atoms with Crippen molar-refractivity contribution in [2.45, 2.75) is 0 Å². The quantitative estimate of drug-likeness (QED) is 0.718. The Morgan fingerprint density at radius 1 is 1.33 bits per heavy atom. The maximum atomic E-state index is 5.36. The second-order valence-corrected chi connectivity index (χ2v) is 3.93.